The average molecular weight is 369 g/mol. The van der Waals surface area contributed by atoms with Crippen LogP contribution in [0.3, 0.4) is 0 Å². The Morgan fingerprint density at radius 1 is 1.04 bits per heavy atom. The Morgan fingerprint density at radius 3 is 2.54 bits per heavy atom. The van der Waals surface area contributed by atoms with Crippen molar-refractivity contribution in [2.45, 2.75) is 43.9 Å². The zero-order valence-electron chi connectivity index (χ0n) is 14.9. The maximum atomic E-state index is 12.9. The first-order valence-corrected chi connectivity index (χ1v) is 10.4. The van der Waals surface area contributed by atoms with E-state index in [0.717, 1.165) is 44.2 Å². The van der Waals surface area contributed by atoms with Gasteiger partial charge in [-0.25, -0.2) is 8.42 Å². The zero-order valence-corrected chi connectivity index (χ0v) is 15.7. The Hall–Kier alpha value is -2.52. The minimum Gasteiger partial charge on any atom is -0.383 e. The number of hydrogen-bond acceptors (Lipinski definition) is 4. The summed E-state index contributed by atoms with van der Waals surface area (Å²) in [5.74, 6) is 0. The van der Waals surface area contributed by atoms with Crippen LogP contribution < -0.4 is 10.0 Å². The lowest BCUT2D eigenvalue weighted by Gasteiger charge is -2.18. The van der Waals surface area contributed by atoms with Gasteiger partial charge in [0.2, 0.25) is 0 Å². The molecule has 0 saturated heterocycles. The van der Waals surface area contributed by atoms with Crippen molar-refractivity contribution in [3.8, 4) is 6.07 Å². The van der Waals surface area contributed by atoms with Gasteiger partial charge in [-0.1, -0.05) is 13.0 Å². The number of aryl methyl sites for hydroxylation is 2. The van der Waals surface area contributed by atoms with Crippen LogP contribution in [0.2, 0.25) is 0 Å². The third-order valence-corrected chi connectivity index (χ3v) is 5.95. The van der Waals surface area contributed by atoms with Gasteiger partial charge in [-0.3, -0.25) is 4.72 Å². The first-order valence-electron chi connectivity index (χ1n) is 8.96. The summed E-state index contributed by atoms with van der Waals surface area (Å²) in [6, 6.07) is 12.4. The van der Waals surface area contributed by atoms with Crippen molar-refractivity contribution in [3.05, 3.63) is 53.1 Å². The maximum absolute atomic E-state index is 12.9. The molecule has 5 nitrogen and oxygen atoms in total. The van der Waals surface area contributed by atoms with E-state index in [1.54, 1.807) is 30.3 Å². The number of nitrogens with zero attached hydrogens (tertiary/aromatic N) is 1. The molecule has 1 aliphatic rings. The smallest absolute Gasteiger partial charge is 0.261 e. The first kappa shape index (κ1) is 18.3. The SMILES string of the molecule is CCCNc1ccc(C#N)cc1NS(=O)(=O)c1ccc2c(c1)CCCC2. The summed E-state index contributed by atoms with van der Waals surface area (Å²) in [5, 5.41) is 12.3. The summed E-state index contributed by atoms with van der Waals surface area (Å²) < 4.78 is 28.4. The molecule has 0 aliphatic heterocycles. The molecule has 0 atom stereocenters. The second kappa shape index (κ2) is 7.79. The summed E-state index contributed by atoms with van der Waals surface area (Å²) in [4.78, 5) is 0.266. The van der Waals surface area contributed by atoms with Gasteiger partial charge in [-0.15, -0.1) is 0 Å². The highest BCUT2D eigenvalue weighted by Crippen LogP contribution is 2.28. The second-order valence-corrected chi connectivity index (χ2v) is 8.22. The van der Waals surface area contributed by atoms with Crippen LogP contribution in [0.4, 0.5) is 11.4 Å². The molecule has 1 aliphatic carbocycles. The lowest BCUT2D eigenvalue weighted by molar-refractivity contribution is 0.600. The number of fused-ring (bicyclic) bond motifs is 1. The van der Waals surface area contributed by atoms with E-state index < -0.39 is 10.0 Å². The number of nitrogens with one attached hydrogen (secondary N) is 2. The van der Waals surface area contributed by atoms with Crippen molar-refractivity contribution in [2.24, 2.45) is 0 Å². The van der Waals surface area contributed by atoms with Crippen LogP contribution >= 0.6 is 0 Å². The van der Waals surface area contributed by atoms with Crippen LogP contribution in [0.5, 0.6) is 0 Å². The molecule has 2 aromatic rings. The number of nitriles is 1. The Labute approximate surface area is 155 Å². The van der Waals surface area contributed by atoms with E-state index in [2.05, 4.69) is 16.1 Å². The predicted molar refractivity (Wildman–Crippen MR) is 104 cm³/mol. The highest BCUT2D eigenvalue weighted by molar-refractivity contribution is 7.92. The van der Waals surface area contributed by atoms with E-state index in [-0.39, 0.29) is 4.90 Å². The standard InChI is InChI=1S/C20H23N3O2S/c1-2-11-22-19-10-7-15(14-21)12-20(19)23-26(24,25)18-9-8-16-5-3-4-6-17(16)13-18/h7-10,12-13,22-23H,2-6,11H2,1H3. The van der Waals surface area contributed by atoms with E-state index in [1.165, 1.54) is 5.56 Å². The Kier molecular flexibility index (Phi) is 5.48. The number of rotatable bonds is 6. The molecule has 0 heterocycles. The summed E-state index contributed by atoms with van der Waals surface area (Å²) in [7, 11) is -3.72. The van der Waals surface area contributed by atoms with Crippen LogP contribution in [0.25, 0.3) is 0 Å². The summed E-state index contributed by atoms with van der Waals surface area (Å²) >= 11 is 0. The zero-order chi connectivity index (χ0) is 18.6. The fourth-order valence-electron chi connectivity index (χ4n) is 3.19. The van der Waals surface area contributed by atoms with E-state index >= 15 is 0 Å². The first-order chi connectivity index (χ1) is 12.5. The molecule has 26 heavy (non-hydrogen) atoms. The van der Waals surface area contributed by atoms with Crippen LogP contribution in [0, 0.1) is 11.3 Å². The molecule has 6 heteroatoms. The summed E-state index contributed by atoms with van der Waals surface area (Å²) in [6.45, 7) is 2.76. The fraction of sp³-hybridized carbons (Fsp3) is 0.350. The summed E-state index contributed by atoms with van der Waals surface area (Å²) in [5.41, 5.74) is 3.85. The van der Waals surface area contributed by atoms with Crippen molar-refractivity contribution >= 4 is 21.4 Å². The van der Waals surface area contributed by atoms with Crippen molar-refractivity contribution in [3.63, 3.8) is 0 Å². The second-order valence-electron chi connectivity index (χ2n) is 6.54. The van der Waals surface area contributed by atoms with Crippen LogP contribution in [-0.4, -0.2) is 15.0 Å². The average Bonchev–Trinajstić information content (AvgIpc) is 2.66. The van der Waals surface area contributed by atoms with E-state index in [9.17, 15) is 8.42 Å². The summed E-state index contributed by atoms with van der Waals surface area (Å²) in [6.07, 6.45) is 5.10. The van der Waals surface area contributed by atoms with Crippen molar-refractivity contribution in [2.75, 3.05) is 16.6 Å². The maximum Gasteiger partial charge on any atom is 0.261 e. The predicted octanol–water partition coefficient (Wildman–Crippen LogP) is 4.06. The molecule has 0 unspecified atom stereocenters. The molecule has 0 saturated carbocycles. The van der Waals surface area contributed by atoms with Gasteiger partial charge < -0.3 is 5.32 Å². The molecule has 3 rings (SSSR count). The Bertz CT molecular complexity index is 946. The van der Waals surface area contributed by atoms with E-state index in [1.807, 2.05) is 13.0 Å². The minimum absolute atomic E-state index is 0.266. The fourth-order valence-corrected chi connectivity index (χ4v) is 4.31. The number of sulfonamides is 1. The van der Waals surface area contributed by atoms with Crippen LogP contribution in [-0.2, 0) is 22.9 Å². The molecule has 0 bridgehead atoms. The molecule has 2 aromatic carbocycles. The Balaban J connectivity index is 1.93. The molecule has 0 aromatic heterocycles. The number of benzene rings is 2. The van der Waals surface area contributed by atoms with Crippen molar-refractivity contribution in [1.82, 2.24) is 0 Å². The largest absolute Gasteiger partial charge is 0.383 e. The van der Waals surface area contributed by atoms with Crippen LogP contribution in [0.15, 0.2) is 41.3 Å². The highest BCUT2D eigenvalue weighted by atomic mass is 32.2. The monoisotopic (exact) mass is 369 g/mol. The van der Waals surface area contributed by atoms with Gasteiger partial charge in [0.05, 0.1) is 27.9 Å². The normalized spacial score (nSPS) is 13.5. The third kappa shape index (κ3) is 4.00. The van der Waals surface area contributed by atoms with Gasteiger partial charge in [-0.05, 0) is 73.6 Å². The molecule has 0 spiro atoms. The van der Waals surface area contributed by atoms with Gasteiger partial charge in [0, 0.05) is 6.54 Å². The topological polar surface area (TPSA) is 82.0 Å². The third-order valence-electron chi connectivity index (χ3n) is 4.59. The van der Waals surface area contributed by atoms with E-state index in [0.29, 0.717) is 16.9 Å². The van der Waals surface area contributed by atoms with Crippen LogP contribution in [0.1, 0.15) is 42.9 Å². The number of hydrogen-bond donors (Lipinski definition) is 2. The van der Waals surface area contributed by atoms with Gasteiger partial charge in [-0.2, -0.15) is 5.26 Å². The number of anilines is 2. The highest BCUT2D eigenvalue weighted by Gasteiger charge is 2.19. The van der Waals surface area contributed by atoms with Crippen molar-refractivity contribution < 1.29 is 8.42 Å². The molecule has 2 N–H and O–H groups in total. The van der Waals surface area contributed by atoms with Gasteiger partial charge >= 0.3 is 0 Å². The minimum atomic E-state index is -3.72. The lowest BCUT2D eigenvalue weighted by Crippen LogP contribution is -2.16. The molecule has 0 radical (unpaired) electrons. The van der Waals surface area contributed by atoms with Gasteiger partial charge in [0.15, 0.2) is 0 Å². The van der Waals surface area contributed by atoms with E-state index in [4.69, 9.17) is 5.26 Å². The molecule has 0 fully saturated rings. The molecular weight excluding hydrogens is 346 g/mol. The molecule has 136 valence electrons. The lowest BCUT2D eigenvalue weighted by atomic mass is 9.92. The Morgan fingerprint density at radius 2 is 1.81 bits per heavy atom. The quantitative estimate of drug-likeness (QED) is 0.804. The molecule has 0 amide bonds. The molecular formula is C20H23N3O2S. The van der Waals surface area contributed by atoms with Crippen molar-refractivity contribution in [1.29, 1.82) is 5.26 Å². The van der Waals surface area contributed by atoms with Gasteiger partial charge in [0.1, 0.15) is 0 Å². The van der Waals surface area contributed by atoms with Gasteiger partial charge in [0.25, 0.3) is 10.0 Å².